The summed E-state index contributed by atoms with van der Waals surface area (Å²) in [5.41, 5.74) is 2.98. The Balaban J connectivity index is 2.23. The monoisotopic (exact) mass is 260 g/mol. The average Bonchev–Trinajstić information content (AvgIpc) is 2.74. The summed E-state index contributed by atoms with van der Waals surface area (Å²) in [5.74, 6) is 0.339. The van der Waals surface area contributed by atoms with E-state index in [0.717, 1.165) is 11.1 Å². The lowest BCUT2D eigenvalue weighted by molar-refractivity contribution is 0.637. The summed E-state index contributed by atoms with van der Waals surface area (Å²) in [7, 11) is 0. The molecule has 2 nitrogen and oxygen atoms in total. The fourth-order valence-electron chi connectivity index (χ4n) is 2.02. The molecule has 0 spiro atoms. The van der Waals surface area contributed by atoms with Gasteiger partial charge in [-0.15, -0.1) is 0 Å². The Bertz CT molecular complexity index is 734. The maximum Gasteiger partial charge on any atom is 0.151 e. The van der Waals surface area contributed by atoms with Gasteiger partial charge >= 0.3 is 0 Å². The molecule has 0 bridgehead atoms. The molecule has 18 heavy (non-hydrogen) atoms. The Hall–Kier alpha value is -1.87. The molecule has 0 saturated carbocycles. The van der Waals surface area contributed by atoms with E-state index in [9.17, 15) is 4.39 Å². The zero-order chi connectivity index (χ0) is 12.7. The Labute approximate surface area is 108 Å². The highest BCUT2D eigenvalue weighted by molar-refractivity contribution is 6.30. The predicted molar refractivity (Wildman–Crippen MR) is 71.2 cm³/mol. The van der Waals surface area contributed by atoms with Crippen LogP contribution in [0.4, 0.5) is 4.39 Å². The van der Waals surface area contributed by atoms with Crippen LogP contribution >= 0.6 is 11.6 Å². The lowest BCUT2D eigenvalue weighted by Crippen LogP contribution is -1.85. The van der Waals surface area contributed by atoms with Crippen LogP contribution in [-0.4, -0.2) is 9.97 Å². The average molecular weight is 261 g/mol. The second kappa shape index (κ2) is 4.10. The third-order valence-electron chi connectivity index (χ3n) is 2.91. The summed E-state index contributed by atoms with van der Waals surface area (Å²) >= 11 is 5.92. The Kier molecular flexibility index (Phi) is 2.56. The van der Waals surface area contributed by atoms with Crippen molar-refractivity contribution in [3.63, 3.8) is 0 Å². The quantitative estimate of drug-likeness (QED) is 0.693. The fraction of sp³-hybridized carbons (Fsp3) is 0.0714. The zero-order valence-corrected chi connectivity index (χ0v) is 10.4. The van der Waals surface area contributed by atoms with E-state index in [1.165, 1.54) is 6.07 Å². The number of nitrogens with one attached hydrogen (secondary N) is 1. The first kappa shape index (κ1) is 11.2. The number of hydrogen-bond acceptors (Lipinski definition) is 1. The number of H-pyrrole nitrogens is 1. The highest BCUT2D eigenvalue weighted by Gasteiger charge is 2.10. The van der Waals surface area contributed by atoms with Crippen molar-refractivity contribution in [1.29, 1.82) is 0 Å². The number of hydrogen-bond donors (Lipinski definition) is 1. The van der Waals surface area contributed by atoms with Gasteiger partial charge in [-0.3, -0.25) is 0 Å². The summed E-state index contributed by atoms with van der Waals surface area (Å²) in [6.45, 7) is 1.95. The van der Waals surface area contributed by atoms with Gasteiger partial charge in [0.25, 0.3) is 0 Å². The summed E-state index contributed by atoms with van der Waals surface area (Å²) in [4.78, 5) is 7.42. The van der Waals surface area contributed by atoms with Gasteiger partial charge in [0.15, 0.2) is 5.82 Å². The van der Waals surface area contributed by atoms with Gasteiger partial charge in [-0.05, 0) is 42.8 Å². The number of aromatic nitrogens is 2. The second-order valence-electron chi connectivity index (χ2n) is 4.18. The van der Waals surface area contributed by atoms with Crippen LogP contribution in [0.1, 0.15) is 5.56 Å². The molecule has 0 aliphatic rings. The third kappa shape index (κ3) is 1.77. The smallest absolute Gasteiger partial charge is 0.151 e. The number of nitrogens with zero attached hydrogens (tertiary/aromatic N) is 1. The van der Waals surface area contributed by atoms with E-state index in [0.29, 0.717) is 21.9 Å². The largest absolute Gasteiger partial charge is 0.338 e. The molecule has 4 heteroatoms. The summed E-state index contributed by atoms with van der Waals surface area (Å²) in [6.07, 6.45) is 0. The number of benzene rings is 2. The number of imidazole rings is 1. The van der Waals surface area contributed by atoms with Crippen LogP contribution in [0.5, 0.6) is 0 Å². The van der Waals surface area contributed by atoms with Gasteiger partial charge < -0.3 is 4.98 Å². The first-order valence-electron chi connectivity index (χ1n) is 5.56. The molecule has 3 aromatic rings. The molecule has 0 aliphatic carbocycles. The van der Waals surface area contributed by atoms with E-state index in [1.807, 2.05) is 19.1 Å². The van der Waals surface area contributed by atoms with E-state index >= 15 is 0 Å². The van der Waals surface area contributed by atoms with Gasteiger partial charge in [-0.25, -0.2) is 9.37 Å². The van der Waals surface area contributed by atoms with Gasteiger partial charge in [0, 0.05) is 10.6 Å². The third-order valence-corrected chi connectivity index (χ3v) is 3.14. The van der Waals surface area contributed by atoms with Gasteiger partial charge in [0.05, 0.1) is 5.52 Å². The minimum absolute atomic E-state index is 0.318. The van der Waals surface area contributed by atoms with E-state index in [2.05, 4.69) is 9.97 Å². The Morgan fingerprint density at radius 2 is 2.06 bits per heavy atom. The van der Waals surface area contributed by atoms with Gasteiger partial charge in [-0.2, -0.15) is 0 Å². The van der Waals surface area contributed by atoms with Crippen LogP contribution in [0.3, 0.4) is 0 Å². The fourth-order valence-corrected chi connectivity index (χ4v) is 2.24. The molecule has 0 radical (unpaired) electrons. The van der Waals surface area contributed by atoms with Crippen molar-refractivity contribution >= 4 is 22.6 Å². The molecule has 1 heterocycles. The van der Waals surface area contributed by atoms with E-state index in [-0.39, 0.29) is 5.82 Å². The number of aromatic amines is 1. The van der Waals surface area contributed by atoms with Crippen molar-refractivity contribution in [3.05, 3.63) is 52.8 Å². The van der Waals surface area contributed by atoms with Crippen LogP contribution in [0.2, 0.25) is 5.02 Å². The van der Waals surface area contributed by atoms with E-state index in [4.69, 9.17) is 11.6 Å². The molecule has 0 unspecified atom stereocenters. The van der Waals surface area contributed by atoms with Gasteiger partial charge in [0.2, 0.25) is 0 Å². The lowest BCUT2D eigenvalue weighted by Gasteiger charge is -2.02. The number of halogens is 2. The number of rotatable bonds is 1. The van der Waals surface area contributed by atoms with E-state index < -0.39 is 0 Å². The van der Waals surface area contributed by atoms with Crippen molar-refractivity contribution in [3.8, 4) is 11.4 Å². The Morgan fingerprint density at radius 3 is 2.78 bits per heavy atom. The first-order chi connectivity index (χ1) is 8.65. The molecule has 2 aromatic carbocycles. The molecule has 0 fully saturated rings. The maximum atomic E-state index is 13.6. The highest BCUT2D eigenvalue weighted by atomic mass is 35.5. The molecule has 90 valence electrons. The number of aryl methyl sites for hydroxylation is 1. The normalized spacial score (nSPS) is 11.1. The standard InChI is InChI=1S/C14H10ClFN2/c1-8-7-9(15)5-6-10(8)14-17-12-4-2-3-11(16)13(12)18-14/h2-7H,1H3,(H,17,18). The molecule has 1 aromatic heterocycles. The van der Waals surface area contributed by atoms with Crippen LogP contribution in [0.15, 0.2) is 36.4 Å². The molecule has 1 N–H and O–H groups in total. The molecule has 0 atom stereocenters. The molecular formula is C14H10ClFN2. The van der Waals surface area contributed by atoms with Crippen molar-refractivity contribution in [2.75, 3.05) is 0 Å². The van der Waals surface area contributed by atoms with E-state index in [1.54, 1.807) is 18.2 Å². The van der Waals surface area contributed by atoms with Gasteiger partial charge in [-0.1, -0.05) is 17.7 Å². The van der Waals surface area contributed by atoms with Gasteiger partial charge in [0.1, 0.15) is 11.3 Å². The second-order valence-corrected chi connectivity index (χ2v) is 4.62. The molecule has 3 rings (SSSR count). The van der Waals surface area contributed by atoms with Crippen molar-refractivity contribution in [1.82, 2.24) is 9.97 Å². The minimum atomic E-state index is -0.318. The predicted octanol–water partition coefficient (Wildman–Crippen LogP) is 4.33. The van der Waals surface area contributed by atoms with Crippen molar-refractivity contribution in [2.24, 2.45) is 0 Å². The molecular weight excluding hydrogens is 251 g/mol. The van der Waals surface area contributed by atoms with Crippen LogP contribution in [-0.2, 0) is 0 Å². The van der Waals surface area contributed by atoms with Crippen molar-refractivity contribution in [2.45, 2.75) is 6.92 Å². The van der Waals surface area contributed by atoms with Crippen LogP contribution in [0, 0.1) is 12.7 Å². The van der Waals surface area contributed by atoms with Crippen LogP contribution < -0.4 is 0 Å². The van der Waals surface area contributed by atoms with Crippen LogP contribution in [0.25, 0.3) is 22.4 Å². The topological polar surface area (TPSA) is 28.7 Å². The number of para-hydroxylation sites is 1. The minimum Gasteiger partial charge on any atom is -0.338 e. The maximum absolute atomic E-state index is 13.6. The molecule has 0 aliphatic heterocycles. The Morgan fingerprint density at radius 1 is 1.22 bits per heavy atom. The highest BCUT2D eigenvalue weighted by Crippen LogP contribution is 2.26. The summed E-state index contributed by atoms with van der Waals surface area (Å²) in [5, 5.41) is 0.679. The molecule has 0 saturated heterocycles. The zero-order valence-electron chi connectivity index (χ0n) is 9.67. The summed E-state index contributed by atoms with van der Waals surface area (Å²) < 4.78 is 13.6. The summed E-state index contributed by atoms with van der Waals surface area (Å²) in [6, 6.07) is 10.4. The molecule has 0 amide bonds. The SMILES string of the molecule is Cc1cc(Cl)ccc1-c1nc2c(F)cccc2[nH]1. The lowest BCUT2D eigenvalue weighted by atomic mass is 10.1. The first-order valence-corrected chi connectivity index (χ1v) is 5.94. The number of fused-ring (bicyclic) bond motifs is 1. The van der Waals surface area contributed by atoms with Crippen molar-refractivity contribution < 1.29 is 4.39 Å².